The number of rotatable bonds is 10. The van der Waals surface area contributed by atoms with E-state index >= 15 is 0 Å². The molecule has 0 aliphatic heterocycles. The highest BCUT2D eigenvalue weighted by molar-refractivity contribution is 6.30. The molecule has 0 aromatic heterocycles. The average Bonchev–Trinajstić information content (AvgIpc) is 2.76. The van der Waals surface area contributed by atoms with E-state index in [1.807, 2.05) is 12.1 Å². The molecule has 1 aliphatic carbocycles. The first-order valence-electron chi connectivity index (χ1n) is 10.3. The summed E-state index contributed by atoms with van der Waals surface area (Å²) in [6, 6.07) is 14.4. The summed E-state index contributed by atoms with van der Waals surface area (Å²) in [5, 5.41) is 4.06. The molecule has 0 heterocycles. The lowest BCUT2D eigenvalue weighted by molar-refractivity contribution is -0.133. The Kier molecular flexibility index (Phi) is 8.61. The van der Waals surface area contributed by atoms with Crippen LogP contribution in [0.1, 0.15) is 42.9 Å². The number of nitrogens with one attached hydrogen (secondary N) is 1. The topological polar surface area (TPSA) is 47.6 Å². The average molecular weight is 448 g/mol. The van der Waals surface area contributed by atoms with E-state index in [0.717, 1.165) is 43.0 Å². The van der Waals surface area contributed by atoms with Crippen LogP contribution in [0.3, 0.4) is 0 Å². The number of benzene rings is 2. The fourth-order valence-corrected chi connectivity index (χ4v) is 3.91. The van der Waals surface area contributed by atoms with Gasteiger partial charge in [-0.3, -0.25) is 4.79 Å². The molecule has 0 radical (unpaired) electrons. The van der Waals surface area contributed by atoms with Gasteiger partial charge in [-0.15, -0.1) is 0 Å². The van der Waals surface area contributed by atoms with Gasteiger partial charge in [0.2, 0.25) is 0 Å². The maximum atomic E-state index is 11.1. The van der Waals surface area contributed by atoms with Crippen LogP contribution in [0.4, 0.5) is 0 Å². The maximum absolute atomic E-state index is 11.1. The molecule has 0 saturated carbocycles. The van der Waals surface area contributed by atoms with Crippen molar-refractivity contribution in [1.82, 2.24) is 5.32 Å². The summed E-state index contributed by atoms with van der Waals surface area (Å²) in [6.07, 6.45) is 4.21. The fourth-order valence-electron chi connectivity index (χ4n) is 3.70. The second kappa shape index (κ2) is 11.4. The lowest BCUT2D eigenvalue weighted by Crippen LogP contribution is -2.22. The van der Waals surface area contributed by atoms with Crippen LogP contribution < -0.4 is 10.1 Å². The van der Waals surface area contributed by atoms with Crippen molar-refractivity contribution in [2.75, 3.05) is 19.7 Å². The highest BCUT2D eigenvalue weighted by Gasteiger charge is 2.16. The van der Waals surface area contributed by atoms with Crippen molar-refractivity contribution in [1.29, 1.82) is 0 Å². The summed E-state index contributed by atoms with van der Waals surface area (Å²) >= 11 is 11.0. The van der Waals surface area contributed by atoms with Crippen molar-refractivity contribution < 1.29 is 13.8 Å². The van der Waals surface area contributed by atoms with Crippen molar-refractivity contribution >= 4 is 35.0 Å². The highest BCUT2D eigenvalue weighted by Crippen LogP contribution is 2.33. The standard InChI is InChI=1S/C24H27Cl2NO3/c1-17-20(16-27-13-12-24(28)30-26)7-6-19-15-22(10-11-23(17)19)29-14-2-3-18-4-8-21(25)9-5-18/h4-5,8-11,15,27H,2-3,6-7,12-14,16H2,1H3. The Bertz CT molecular complexity index is 894. The zero-order valence-electron chi connectivity index (χ0n) is 17.2. The molecule has 2 aromatic carbocycles. The summed E-state index contributed by atoms with van der Waals surface area (Å²) in [5.74, 6) is 0.517. The van der Waals surface area contributed by atoms with Crippen molar-refractivity contribution in [3.05, 3.63) is 69.8 Å². The van der Waals surface area contributed by atoms with Gasteiger partial charge in [-0.25, -0.2) is 0 Å². The van der Waals surface area contributed by atoms with Gasteiger partial charge < -0.3 is 14.3 Å². The minimum atomic E-state index is -0.412. The third-order valence-electron chi connectivity index (χ3n) is 5.43. The first-order chi connectivity index (χ1) is 14.6. The fraction of sp³-hybridized carbons (Fsp3) is 0.375. The Labute approximate surface area is 188 Å². The van der Waals surface area contributed by atoms with E-state index in [2.05, 4.69) is 46.9 Å². The first-order valence-corrected chi connectivity index (χ1v) is 11.0. The predicted molar refractivity (Wildman–Crippen MR) is 122 cm³/mol. The van der Waals surface area contributed by atoms with Crippen LogP contribution in [0.5, 0.6) is 5.75 Å². The Morgan fingerprint density at radius 1 is 1.13 bits per heavy atom. The number of fused-ring (bicyclic) bond motifs is 1. The summed E-state index contributed by atoms with van der Waals surface area (Å²) in [4.78, 5) is 11.1. The maximum Gasteiger partial charge on any atom is 0.326 e. The molecule has 0 fully saturated rings. The molecule has 3 rings (SSSR count). The normalized spacial score (nSPS) is 13.2. The van der Waals surface area contributed by atoms with Gasteiger partial charge >= 0.3 is 5.97 Å². The molecular weight excluding hydrogens is 421 g/mol. The number of aryl methyl sites for hydroxylation is 2. The molecule has 2 aromatic rings. The van der Waals surface area contributed by atoms with Gasteiger partial charge in [0.15, 0.2) is 0 Å². The molecule has 160 valence electrons. The number of halogens is 2. The molecule has 6 heteroatoms. The summed E-state index contributed by atoms with van der Waals surface area (Å²) in [7, 11) is 0. The van der Waals surface area contributed by atoms with Crippen LogP contribution >= 0.6 is 23.5 Å². The van der Waals surface area contributed by atoms with Crippen LogP contribution in [-0.2, 0) is 21.9 Å². The van der Waals surface area contributed by atoms with Crippen LogP contribution in [0.15, 0.2) is 48.0 Å². The van der Waals surface area contributed by atoms with Gasteiger partial charge in [0.05, 0.1) is 13.0 Å². The first kappa shape index (κ1) is 22.7. The van der Waals surface area contributed by atoms with Gasteiger partial charge in [0.1, 0.15) is 17.6 Å². The van der Waals surface area contributed by atoms with Crippen LogP contribution in [0.2, 0.25) is 5.02 Å². The van der Waals surface area contributed by atoms with Gasteiger partial charge in [0.25, 0.3) is 0 Å². The Hall–Kier alpha value is -2.01. The van der Waals surface area contributed by atoms with Crippen molar-refractivity contribution in [3.8, 4) is 5.75 Å². The van der Waals surface area contributed by atoms with Gasteiger partial charge in [-0.05, 0) is 79.1 Å². The van der Waals surface area contributed by atoms with E-state index in [1.54, 1.807) is 0 Å². The SMILES string of the molecule is CC1=C(CNCCC(=O)OCl)CCc2cc(OCCCc3ccc(Cl)cc3)ccc21. The van der Waals surface area contributed by atoms with Crippen LogP contribution in [-0.4, -0.2) is 25.7 Å². The molecule has 30 heavy (non-hydrogen) atoms. The Balaban J connectivity index is 1.49. The lowest BCUT2D eigenvalue weighted by Gasteiger charge is -2.22. The molecule has 0 atom stereocenters. The monoisotopic (exact) mass is 447 g/mol. The second-order valence-electron chi connectivity index (χ2n) is 7.50. The van der Waals surface area contributed by atoms with E-state index in [9.17, 15) is 4.79 Å². The molecule has 0 spiro atoms. The van der Waals surface area contributed by atoms with Crippen LogP contribution in [0.25, 0.3) is 5.57 Å². The summed E-state index contributed by atoms with van der Waals surface area (Å²) < 4.78 is 10.1. The van der Waals surface area contributed by atoms with Crippen molar-refractivity contribution in [2.45, 2.75) is 39.0 Å². The van der Waals surface area contributed by atoms with E-state index < -0.39 is 5.97 Å². The smallest absolute Gasteiger partial charge is 0.326 e. The molecule has 0 saturated heterocycles. The predicted octanol–water partition coefficient (Wildman–Crippen LogP) is 5.75. The zero-order valence-corrected chi connectivity index (χ0v) is 18.7. The van der Waals surface area contributed by atoms with Gasteiger partial charge in [-0.1, -0.05) is 35.4 Å². The Morgan fingerprint density at radius 3 is 2.70 bits per heavy atom. The number of carbonyl (C=O) groups excluding carboxylic acids is 1. The van der Waals surface area contributed by atoms with E-state index in [4.69, 9.17) is 28.2 Å². The molecular formula is C24H27Cl2NO3. The molecule has 0 amide bonds. The largest absolute Gasteiger partial charge is 0.494 e. The highest BCUT2D eigenvalue weighted by atomic mass is 35.5. The quantitative estimate of drug-likeness (QED) is 0.471. The number of allylic oxidation sites excluding steroid dienone is 1. The van der Waals surface area contributed by atoms with E-state index in [-0.39, 0.29) is 6.42 Å². The van der Waals surface area contributed by atoms with Gasteiger partial charge in [0, 0.05) is 18.1 Å². The van der Waals surface area contributed by atoms with Gasteiger partial charge in [-0.2, -0.15) is 0 Å². The van der Waals surface area contributed by atoms with E-state index in [0.29, 0.717) is 13.2 Å². The minimum absolute atomic E-state index is 0.269. The van der Waals surface area contributed by atoms with Crippen molar-refractivity contribution in [3.63, 3.8) is 0 Å². The third-order valence-corrected chi connectivity index (χ3v) is 5.85. The second-order valence-corrected chi connectivity index (χ2v) is 8.09. The summed E-state index contributed by atoms with van der Waals surface area (Å²) in [5.41, 5.74) is 6.56. The molecule has 4 nitrogen and oxygen atoms in total. The van der Waals surface area contributed by atoms with Crippen LogP contribution in [0, 0.1) is 0 Å². The minimum Gasteiger partial charge on any atom is -0.494 e. The number of ether oxygens (including phenoxy) is 1. The molecule has 0 unspecified atom stereocenters. The Morgan fingerprint density at radius 2 is 1.93 bits per heavy atom. The summed E-state index contributed by atoms with van der Waals surface area (Å²) in [6.45, 7) is 4.17. The third kappa shape index (κ3) is 6.49. The number of hydrogen-bond acceptors (Lipinski definition) is 4. The van der Waals surface area contributed by atoms with Crippen molar-refractivity contribution in [2.24, 2.45) is 0 Å². The molecule has 1 N–H and O–H groups in total. The zero-order chi connectivity index (χ0) is 21.3. The van der Waals surface area contributed by atoms with E-state index in [1.165, 1.54) is 27.8 Å². The number of carbonyl (C=O) groups is 1. The number of hydrogen-bond donors (Lipinski definition) is 1. The molecule has 0 bridgehead atoms. The molecule has 1 aliphatic rings. The lowest BCUT2D eigenvalue weighted by atomic mass is 9.86.